The van der Waals surface area contributed by atoms with E-state index < -0.39 is 0 Å². The fourth-order valence-electron chi connectivity index (χ4n) is 2.66. The molecule has 0 aliphatic rings. The van der Waals surface area contributed by atoms with Crippen LogP contribution < -0.4 is 9.54 Å². The molecule has 2 aromatic carbocycles. The van der Waals surface area contributed by atoms with E-state index in [4.69, 9.17) is 11.2 Å². The number of thiazole rings is 1. The van der Waals surface area contributed by atoms with Crippen molar-refractivity contribution in [2.75, 3.05) is 6.61 Å². The number of hydrogen-bond acceptors (Lipinski definition) is 3. The van der Waals surface area contributed by atoms with Gasteiger partial charge in [-0.25, -0.2) is 0 Å². The minimum atomic E-state index is -0.332. The Balaban J connectivity index is 1.90. The summed E-state index contributed by atoms with van der Waals surface area (Å²) in [5.41, 5.74) is 3.22. The lowest BCUT2D eigenvalue weighted by molar-refractivity contribution is -0.120. The Bertz CT molecular complexity index is 1050. The topological polar surface area (TPSA) is 43.6 Å². The highest BCUT2D eigenvalue weighted by Gasteiger charge is 2.09. The van der Waals surface area contributed by atoms with E-state index >= 15 is 0 Å². The van der Waals surface area contributed by atoms with Gasteiger partial charge in [-0.1, -0.05) is 48.4 Å². The molecule has 4 nitrogen and oxygen atoms in total. The molecule has 0 atom stereocenters. The van der Waals surface area contributed by atoms with Crippen molar-refractivity contribution in [2.24, 2.45) is 4.99 Å². The normalized spacial score (nSPS) is 11.5. The van der Waals surface area contributed by atoms with E-state index in [0.717, 1.165) is 22.2 Å². The molecule has 0 radical (unpaired) electrons. The summed E-state index contributed by atoms with van der Waals surface area (Å²) in [7, 11) is 0. The molecule has 3 aromatic rings. The highest BCUT2D eigenvalue weighted by atomic mass is 32.1. The van der Waals surface area contributed by atoms with Crippen molar-refractivity contribution in [1.82, 2.24) is 4.57 Å². The number of carbonyl (C=O) groups excluding carboxylic acids is 1. The highest BCUT2D eigenvalue weighted by molar-refractivity contribution is 7.16. The number of ether oxygens (including phenoxy) is 1. The molecular weight excluding hydrogens is 344 g/mol. The molecule has 1 heterocycles. The Labute approximate surface area is 156 Å². The third kappa shape index (κ3) is 3.87. The summed E-state index contributed by atoms with van der Waals surface area (Å²) in [6.45, 7) is 4.32. The predicted molar refractivity (Wildman–Crippen MR) is 105 cm³/mol. The van der Waals surface area contributed by atoms with Gasteiger partial charge in [-0.2, -0.15) is 4.99 Å². The first kappa shape index (κ1) is 18.0. The van der Waals surface area contributed by atoms with Crippen molar-refractivity contribution in [2.45, 2.75) is 26.8 Å². The maximum atomic E-state index is 12.3. The van der Waals surface area contributed by atoms with Crippen LogP contribution in [0, 0.1) is 19.3 Å². The largest absolute Gasteiger partial charge is 0.483 e. The second kappa shape index (κ2) is 8.03. The number of rotatable bonds is 5. The molecule has 0 N–H and O–H groups in total. The van der Waals surface area contributed by atoms with Crippen molar-refractivity contribution < 1.29 is 9.53 Å². The summed E-state index contributed by atoms with van der Waals surface area (Å²) < 4.78 is 8.56. The van der Waals surface area contributed by atoms with Gasteiger partial charge in [-0.05, 0) is 42.7 Å². The predicted octanol–water partition coefficient (Wildman–Crippen LogP) is 3.71. The molecule has 0 unspecified atom stereocenters. The number of terminal acetylenes is 1. The Morgan fingerprint density at radius 2 is 2.12 bits per heavy atom. The molecule has 5 heteroatoms. The van der Waals surface area contributed by atoms with Gasteiger partial charge in [0.2, 0.25) is 0 Å². The van der Waals surface area contributed by atoms with Gasteiger partial charge in [-0.15, -0.1) is 6.42 Å². The zero-order valence-electron chi connectivity index (χ0n) is 14.9. The fraction of sp³-hybridized carbons (Fsp3) is 0.238. The van der Waals surface area contributed by atoms with Gasteiger partial charge in [0.05, 0.1) is 16.8 Å². The van der Waals surface area contributed by atoms with Crippen LogP contribution in [0.5, 0.6) is 5.75 Å². The summed E-state index contributed by atoms with van der Waals surface area (Å²) in [5.74, 6) is 3.00. The van der Waals surface area contributed by atoms with Crippen LogP contribution in [0.2, 0.25) is 0 Å². The summed E-state index contributed by atoms with van der Waals surface area (Å²) in [6, 6.07) is 13.8. The Kier molecular flexibility index (Phi) is 5.55. The third-order valence-corrected chi connectivity index (χ3v) is 5.11. The standard InChI is InChI=1S/C21H20N2O2S/c1-4-12-23-17-11-10-16(5-2)13-19(17)26-21(23)22-20(24)14-25-18-9-7-6-8-15(18)3/h1,6-11,13H,5,12,14H2,2-3H3. The number of aryl methyl sites for hydroxylation is 2. The Morgan fingerprint density at radius 3 is 2.85 bits per heavy atom. The van der Waals surface area contributed by atoms with Crippen molar-refractivity contribution in [3.8, 4) is 18.1 Å². The van der Waals surface area contributed by atoms with E-state index in [1.54, 1.807) is 0 Å². The average Bonchev–Trinajstić information content (AvgIpc) is 2.97. The first-order valence-corrected chi connectivity index (χ1v) is 9.25. The van der Waals surface area contributed by atoms with Gasteiger partial charge in [0, 0.05) is 0 Å². The molecule has 0 aliphatic heterocycles. The van der Waals surface area contributed by atoms with E-state index in [-0.39, 0.29) is 12.5 Å². The van der Waals surface area contributed by atoms with Gasteiger partial charge in [0.1, 0.15) is 5.75 Å². The minimum absolute atomic E-state index is 0.102. The summed E-state index contributed by atoms with van der Waals surface area (Å²) in [5, 5.41) is 0. The van der Waals surface area contributed by atoms with Crippen LogP contribution in [0.25, 0.3) is 10.2 Å². The van der Waals surface area contributed by atoms with E-state index in [1.807, 2.05) is 41.8 Å². The average molecular weight is 364 g/mol. The fourth-order valence-corrected chi connectivity index (χ4v) is 3.77. The molecule has 0 aliphatic carbocycles. The first-order valence-electron chi connectivity index (χ1n) is 8.44. The second-order valence-corrected chi connectivity index (χ2v) is 6.90. The number of carbonyl (C=O) groups is 1. The van der Waals surface area contributed by atoms with E-state index in [2.05, 4.69) is 30.0 Å². The number of amides is 1. The minimum Gasteiger partial charge on any atom is -0.483 e. The number of fused-ring (bicyclic) bond motifs is 1. The van der Waals surface area contributed by atoms with Crippen LogP contribution in [-0.4, -0.2) is 17.1 Å². The second-order valence-electron chi connectivity index (χ2n) is 5.89. The molecule has 0 spiro atoms. The smallest absolute Gasteiger partial charge is 0.286 e. The van der Waals surface area contributed by atoms with Gasteiger partial charge in [-0.3, -0.25) is 4.79 Å². The Morgan fingerprint density at radius 1 is 1.31 bits per heavy atom. The lowest BCUT2D eigenvalue weighted by atomic mass is 10.2. The van der Waals surface area contributed by atoms with Gasteiger partial charge in [0.15, 0.2) is 11.4 Å². The van der Waals surface area contributed by atoms with Crippen LogP contribution in [-0.2, 0) is 17.8 Å². The van der Waals surface area contributed by atoms with Gasteiger partial charge < -0.3 is 9.30 Å². The number of benzene rings is 2. The molecule has 0 saturated heterocycles. The molecule has 132 valence electrons. The molecule has 3 rings (SSSR count). The van der Waals surface area contributed by atoms with Crippen molar-refractivity contribution >= 4 is 27.5 Å². The maximum Gasteiger partial charge on any atom is 0.286 e. The molecule has 0 saturated carbocycles. The SMILES string of the molecule is C#CCn1c(=NC(=O)COc2ccccc2C)sc2cc(CC)ccc21. The van der Waals surface area contributed by atoms with Gasteiger partial charge >= 0.3 is 0 Å². The number of nitrogens with zero attached hydrogens (tertiary/aromatic N) is 2. The third-order valence-electron chi connectivity index (χ3n) is 4.07. The van der Waals surface area contributed by atoms with E-state index in [1.165, 1.54) is 16.9 Å². The highest BCUT2D eigenvalue weighted by Crippen LogP contribution is 2.20. The molecule has 0 bridgehead atoms. The quantitative estimate of drug-likeness (QED) is 0.648. The van der Waals surface area contributed by atoms with Crippen molar-refractivity contribution in [1.29, 1.82) is 0 Å². The Hall–Kier alpha value is -2.84. The van der Waals surface area contributed by atoms with E-state index in [0.29, 0.717) is 17.1 Å². The number of aromatic nitrogens is 1. The lowest BCUT2D eigenvalue weighted by Gasteiger charge is -2.06. The molecule has 1 amide bonds. The van der Waals surface area contributed by atoms with E-state index in [9.17, 15) is 4.79 Å². The van der Waals surface area contributed by atoms with Crippen LogP contribution in [0.3, 0.4) is 0 Å². The lowest BCUT2D eigenvalue weighted by Crippen LogP contribution is -2.19. The van der Waals surface area contributed by atoms with Gasteiger partial charge in [0.25, 0.3) is 5.91 Å². The number of para-hydroxylation sites is 1. The zero-order valence-corrected chi connectivity index (χ0v) is 15.7. The summed E-state index contributed by atoms with van der Waals surface area (Å²) >= 11 is 1.47. The number of hydrogen-bond donors (Lipinski definition) is 0. The molecule has 26 heavy (non-hydrogen) atoms. The monoisotopic (exact) mass is 364 g/mol. The van der Waals surface area contributed by atoms with Crippen LogP contribution >= 0.6 is 11.3 Å². The zero-order chi connectivity index (χ0) is 18.5. The van der Waals surface area contributed by atoms with Crippen LogP contribution in [0.15, 0.2) is 47.5 Å². The summed E-state index contributed by atoms with van der Waals surface area (Å²) in [4.78, 5) is 17.1. The van der Waals surface area contributed by atoms with Crippen molar-refractivity contribution in [3.05, 3.63) is 58.4 Å². The molecule has 0 fully saturated rings. The molecule has 1 aromatic heterocycles. The maximum absolute atomic E-state index is 12.3. The van der Waals surface area contributed by atoms with Crippen molar-refractivity contribution in [3.63, 3.8) is 0 Å². The van der Waals surface area contributed by atoms with Crippen LogP contribution in [0.1, 0.15) is 18.1 Å². The summed E-state index contributed by atoms with van der Waals surface area (Å²) in [6.07, 6.45) is 6.46. The van der Waals surface area contributed by atoms with Crippen LogP contribution in [0.4, 0.5) is 0 Å². The first-order chi connectivity index (χ1) is 12.6. The molecular formula is C21H20N2O2S.